The lowest BCUT2D eigenvalue weighted by Gasteiger charge is -2.26. The second-order valence-electron chi connectivity index (χ2n) is 9.25. The van der Waals surface area contributed by atoms with Crippen molar-refractivity contribution in [3.05, 3.63) is 119 Å². The van der Waals surface area contributed by atoms with Crippen molar-refractivity contribution in [3.8, 4) is 16.9 Å². The second-order valence-corrected chi connectivity index (χ2v) is 9.25. The number of aromatic hydroxyl groups is 1. The molecule has 0 spiro atoms. The lowest BCUT2D eigenvalue weighted by molar-refractivity contribution is 0.477. The minimum atomic E-state index is 0.345. The molecule has 2 aliphatic rings. The number of rotatable bonds is 4. The van der Waals surface area contributed by atoms with Gasteiger partial charge in [-0.15, -0.1) is 0 Å². The Hall–Kier alpha value is -3.58. The standard InChI is InChI=1S/C32H28O/c33-32-13-7-6-12-29(32)31-21-25-17-19-27-26-11-5-4-10-23(26)16-18-28(27)30(25)20-24(31)15-14-22-8-2-1-3-9-22/h1-3,6-13,17,19-21,33H,4-5,14-16,18H2. The fraction of sp³-hybridized carbons (Fsp3) is 0.188. The van der Waals surface area contributed by atoms with Gasteiger partial charge in [0.05, 0.1) is 0 Å². The Morgan fingerprint density at radius 3 is 2.36 bits per heavy atom. The monoisotopic (exact) mass is 428 g/mol. The summed E-state index contributed by atoms with van der Waals surface area (Å²) in [5.41, 5.74) is 10.6. The molecule has 1 N–H and O–H groups in total. The third kappa shape index (κ3) is 3.68. The van der Waals surface area contributed by atoms with Crippen LogP contribution in [0.25, 0.3) is 27.5 Å². The van der Waals surface area contributed by atoms with Crippen LogP contribution >= 0.6 is 0 Å². The number of benzene rings is 4. The quantitative estimate of drug-likeness (QED) is 0.349. The minimum Gasteiger partial charge on any atom is -0.507 e. The molecular formula is C32H28O. The zero-order chi connectivity index (χ0) is 22.2. The number of aryl methyl sites for hydroxylation is 3. The molecule has 0 bridgehead atoms. The van der Waals surface area contributed by atoms with E-state index in [0.29, 0.717) is 5.75 Å². The molecule has 4 aromatic rings. The molecule has 162 valence electrons. The summed E-state index contributed by atoms with van der Waals surface area (Å²) in [6.45, 7) is 0. The number of hydrogen-bond donors (Lipinski definition) is 1. The molecule has 1 heteroatoms. The van der Waals surface area contributed by atoms with E-state index in [1.165, 1.54) is 50.6 Å². The van der Waals surface area contributed by atoms with E-state index in [9.17, 15) is 5.11 Å². The molecule has 0 radical (unpaired) electrons. The van der Waals surface area contributed by atoms with Crippen LogP contribution in [-0.4, -0.2) is 5.11 Å². The van der Waals surface area contributed by atoms with Crippen LogP contribution in [-0.2, 0) is 19.3 Å². The highest BCUT2D eigenvalue weighted by Gasteiger charge is 2.22. The Morgan fingerprint density at radius 2 is 1.48 bits per heavy atom. The Bertz CT molecular complexity index is 1410. The van der Waals surface area contributed by atoms with Crippen LogP contribution in [0.4, 0.5) is 0 Å². The van der Waals surface area contributed by atoms with Gasteiger partial charge in [0, 0.05) is 5.56 Å². The first-order valence-electron chi connectivity index (χ1n) is 12.1. The molecule has 0 amide bonds. The summed E-state index contributed by atoms with van der Waals surface area (Å²) in [5.74, 6) is 0.345. The highest BCUT2D eigenvalue weighted by Crippen LogP contribution is 2.43. The predicted molar refractivity (Wildman–Crippen MR) is 139 cm³/mol. The summed E-state index contributed by atoms with van der Waals surface area (Å²) in [6.07, 6.45) is 11.4. The number of hydrogen-bond acceptors (Lipinski definition) is 1. The summed E-state index contributed by atoms with van der Waals surface area (Å²) in [6, 6.07) is 27.7. The smallest absolute Gasteiger partial charge is 0.123 e. The molecule has 33 heavy (non-hydrogen) atoms. The van der Waals surface area contributed by atoms with Gasteiger partial charge in [0.15, 0.2) is 0 Å². The van der Waals surface area contributed by atoms with Gasteiger partial charge in [-0.05, 0) is 100 Å². The van der Waals surface area contributed by atoms with Gasteiger partial charge in [-0.25, -0.2) is 0 Å². The predicted octanol–water partition coefficient (Wildman–Crippen LogP) is 8.05. The SMILES string of the molecule is Oc1ccccc1-c1cc2ccc3c(c2cc1CCc1ccccc1)CCC1=CCCC=C13. The average Bonchev–Trinajstić information content (AvgIpc) is 2.87. The van der Waals surface area contributed by atoms with Crippen LogP contribution in [0.2, 0.25) is 0 Å². The summed E-state index contributed by atoms with van der Waals surface area (Å²) < 4.78 is 0. The maximum absolute atomic E-state index is 10.7. The molecule has 0 aliphatic heterocycles. The molecule has 0 saturated heterocycles. The van der Waals surface area contributed by atoms with Crippen molar-refractivity contribution in [2.45, 2.75) is 38.5 Å². The fourth-order valence-electron chi connectivity index (χ4n) is 5.59. The van der Waals surface area contributed by atoms with Crippen LogP contribution in [0.1, 0.15) is 41.5 Å². The van der Waals surface area contributed by atoms with E-state index in [2.05, 4.69) is 66.7 Å². The van der Waals surface area contributed by atoms with E-state index >= 15 is 0 Å². The Labute approximate surface area is 195 Å². The van der Waals surface area contributed by atoms with Gasteiger partial charge in [0.2, 0.25) is 0 Å². The second kappa shape index (κ2) is 8.41. The maximum Gasteiger partial charge on any atom is 0.123 e. The first-order chi connectivity index (χ1) is 16.3. The first-order valence-corrected chi connectivity index (χ1v) is 12.1. The Kier molecular flexibility index (Phi) is 5.11. The number of phenols is 1. The zero-order valence-electron chi connectivity index (χ0n) is 18.9. The van der Waals surface area contributed by atoms with E-state index in [4.69, 9.17) is 0 Å². The topological polar surface area (TPSA) is 20.2 Å². The van der Waals surface area contributed by atoms with E-state index in [-0.39, 0.29) is 0 Å². The Balaban J connectivity index is 1.51. The lowest BCUT2D eigenvalue weighted by Crippen LogP contribution is -2.08. The minimum absolute atomic E-state index is 0.345. The van der Waals surface area contributed by atoms with Gasteiger partial charge in [-0.1, -0.05) is 78.9 Å². The highest BCUT2D eigenvalue weighted by atomic mass is 16.3. The van der Waals surface area contributed by atoms with Crippen molar-refractivity contribution in [1.82, 2.24) is 0 Å². The Morgan fingerprint density at radius 1 is 0.667 bits per heavy atom. The summed E-state index contributed by atoms with van der Waals surface area (Å²) >= 11 is 0. The molecule has 0 fully saturated rings. The summed E-state index contributed by atoms with van der Waals surface area (Å²) in [4.78, 5) is 0. The van der Waals surface area contributed by atoms with Crippen molar-refractivity contribution < 1.29 is 5.11 Å². The molecule has 1 nitrogen and oxygen atoms in total. The lowest BCUT2D eigenvalue weighted by atomic mass is 9.78. The number of para-hydroxylation sites is 1. The molecule has 0 atom stereocenters. The van der Waals surface area contributed by atoms with Gasteiger partial charge in [0.25, 0.3) is 0 Å². The third-order valence-corrected chi connectivity index (χ3v) is 7.26. The van der Waals surface area contributed by atoms with Crippen LogP contribution in [0, 0.1) is 0 Å². The fourth-order valence-corrected chi connectivity index (χ4v) is 5.59. The first kappa shape index (κ1) is 20.1. The molecule has 2 aliphatic carbocycles. The number of allylic oxidation sites excluding steroid dienone is 4. The average molecular weight is 429 g/mol. The normalized spacial score (nSPS) is 14.9. The molecule has 0 saturated carbocycles. The van der Waals surface area contributed by atoms with E-state index < -0.39 is 0 Å². The molecule has 0 unspecified atom stereocenters. The largest absolute Gasteiger partial charge is 0.507 e. The maximum atomic E-state index is 10.7. The van der Waals surface area contributed by atoms with Gasteiger partial charge in [-0.3, -0.25) is 0 Å². The van der Waals surface area contributed by atoms with Gasteiger partial charge in [-0.2, -0.15) is 0 Å². The highest BCUT2D eigenvalue weighted by molar-refractivity contribution is 5.97. The van der Waals surface area contributed by atoms with Crippen LogP contribution < -0.4 is 0 Å². The van der Waals surface area contributed by atoms with Gasteiger partial charge < -0.3 is 5.11 Å². The van der Waals surface area contributed by atoms with Gasteiger partial charge in [0.1, 0.15) is 5.75 Å². The number of fused-ring (bicyclic) bond motifs is 5. The van der Waals surface area contributed by atoms with E-state index in [0.717, 1.165) is 43.2 Å². The van der Waals surface area contributed by atoms with E-state index in [1.807, 2.05) is 18.2 Å². The van der Waals surface area contributed by atoms with Crippen LogP contribution in [0.15, 0.2) is 96.6 Å². The summed E-state index contributed by atoms with van der Waals surface area (Å²) in [5, 5.41) is 13.3. The van der Waals surface area contributed by atoms with Crippen LogP contribution in [0.5, 0.6) is 5.75 Å². The van der Waals surface area contributed by atoms with Crippen molar-refractivity contribution in [3.63, 3.8) is 0 Å². The molecule has 6 rings (SSSR count). The van der Waals surface area contributed by atoms with Crippen molar-refractivity contribution in [2.24, 2.45) is 0 Å². The van der Waals surface area contributed by atoms with E-state index in [1.54, 1.807) is 6.07 Å². The zero-order valence-corrected chi connectivity index (χ0v) is 18.9. The van der Waals surface area contributed by atoms with Crippen molar-refractivity contribution in [2.75, 3.05) is 0 Å². The molecule has 0 aromatic heterocycles. The van der Waals surface area contributed by atoms with Crippen molar-refractivity contribution in [1.29, 1.82) is 0 Å². The van der Waals surface area contributed by atoms with Gasteiger partial charge >= 0.3 is 0 Å². The van der Waals surface area contributed by atoms with Crippen LogP contribution in [0.3, 0.4) is 0 Å². The van der Waals surface area contributed by atoms with Crippen molar-refractivity contribution >= 4 is 16.3 Å². The third-order valence-electron chi connectivity index (χ3n) is 7.26. The molecule has 0 heterocycles. The number of phenolic OH excluding ortho intramolecular Hbond substituents is 1. The summed E-state index contributed by atoms with van der Waals surface area (Å²) in [7, 11) is 0. The molecular weight excluding hydrogens is 400 g/mol. The molecule has 4 aromatic carbocycles.